The number of imidazole rings is 1. The van der Waals surface area contributed by atoms with Crippen LogP contribution in [0.4, 0.5) is 4.39 Å². The van der Waals surface area contributed by atoms with Gasteiger partial charge in [-0.3, -0.25) is 4.57 Å². The number of nitrogens with zero attached hydrogens (tertiary/aromatic N) is 1. The Kier molecular flexibility index (Phi) is 2.95. The van der Waals surface area contributed by atoms with E-state index < -0.39 is 0 Å². The number of rotatable bonds is 1. The second-order valence-corrected chi connectivity index (χ2v) is 5.54. The molecule has 0 saturated heterocycles. The molecule has 0 atom stereocenters. The van der Waals surface area contributed by atoms with Crippen molar-refractivity contribution in [2.75, 3.05) is 0 Å². The molecule has 1 aromatic heterocycles. The Balaban J connectivity index is 2.34. The van der Waals surface area contributed by atoms with Crippen LogP contribution in [-0.2, 0) is 0 Å². The summed E-state index contributed by atoms with van der Waals surface area (Å²) in [5.41, 5.74) is 2.51. The summed E-state index contributed by atoms with van der Waals surface area (Å²) in [6.07, 6.45) is 0. The third-order valence-corrected chi connectivity index (χ3v) is 3.73. The first-order valence-electron chi connectivity index (χ1n) is 5.31. The fourth-order valence-corrected chi connectivity index (χ4v) is 2.60. The standard InChI is InChI=1S/C13H8FIN2S/c14-8-1-6-11-12(7-8)17(13(18)16-11)10-4-2-9(15)3-5-10/h1-7H,(H,16,18). The maximum absolute atomic E-state index is 13.3. The summed E-state index contributed by atoms with van der Waals surface area (Å²) in [7, 11) is 0. The van der Waals surface area contributed by atoms with Crippen LogP contribution in [-0.4, -0.2) is 9.55 Å². The summed E-state index contributed by atoms with van der Waals surface area (Å²) >= 11 is 7.54. The molecule has 0 amide bonds. The minimum absolute atomic E-state index is 0.268. The SMILES string of the molecule is Fc1ccc2[nH]c(=S)n(-c3ccc(I)cc3)c2c1. The predicted molar refractivity (Wildman–Crippen MR) is 81.1 cm³/mol. The van der Waals surface area contributed by atoms with Crippen LogP contribution in [0.3, 0.4) is 0 Å². The maximum Gasteiger partial charge on any atom is 0.182 e. The Morgan fingerprint density at radius 3 is 2.56 bits per heavy atom. The van der Waals surface area contributed by atoms with E-state index in [4.69, 9.17) is 12.2 Å². The molecule has 0 unspecified atom stereocenters. The van der Waals surface area contributed by atoms with Crippen LogP contribution in [0.25, 0.3) is 16.7 Å². The molecule has 90 valence electrons. The van der Waals surface area contributed by atoms with Crippen molar-refractivity contribution in [2.45, 2.75) is 0 Å². The van der Waals surface area contributed by atoms with Gasteiger partial charge < -0.3 is 4.98 Å². The molecule has 3 rings (SSSR count). The molecule has 0 aliphatic heterocycles. The van der Waals surface area contributed by atoms with E-state index in [0.29, 0.717) is 4.77 Å². The van der Waals surface area contributed by atoms with Gasteiger partial charge in [0.15, 0.2) is 4.77 Å². The largest absolute Gasteiger partial charge is 0.330 e. The highest BCUT2D eigenvalue weighted by Gasteiger charge is 2.07. The zero-order chi connectivity index (χ0) is 12.7. The van der Waals surface area contributed by atoms with Gasteiger partial charge in [0.1, 0.15) is 5.82 Å². The molecule has 18 heavy (non-hydrogen) atoms. The summed E-state index contributed by atoms with van der Waals surface area (Å²) in [4.78, 5) is 3.08. The lowest BCUT2D eigenvalue weighted by Gasteiger charge is -2.04. The maximum atomic E-state index is 13.3. The fourth-order valence-electron chi connectivity index (χ4n) is 1.92. The number of benzene rings is 2. The van der Waals surface area contributed by atoms with Gasteiger partial charge in [-0.15, -0.1) is 0 Å². The normalized spacial score (nSPS) is 11.0. The monoisotopic (exact) mass is 370 g/mol. The molecule has 0 fully saturated rings. The summed E-state index contributed by atoms with van der Waals surface area (Å²) in [6, 6.07) is 12.5. The number of nitrogens with one attached hydrogen (secondary N) is 1. The van der Waals surface area contributed by atoms with E-state index in [2.05, 4.69) is 27.6 Å². The molecule has 2 nitrogen and oxygen atoms in total. The van der Waals surface area contributed by atoms with Gasteiger partial charge in [-0.25, -0.2) is 4.39 Å². The first kappa shape index (κ1) is 11.9. The molecule has 0 aliphatic carbocycles. The van der Waals surface area contributed by atoms with Crippen LogP contribution in [0.15, 0.2) is 42.5 Å². The molecule has 0 spiro atoms. The number of hydrogen-bond acceptors (Lipinski definition) is 1. The van der Waals surface area contributed by atoms with Crippen LogP contribution in [0.1, 0.15) is 0 Å². The lowest BCUT2D eigenvalue weighted by molar-refractivity contribution is 0.629. The van der Waals surface area contributed by atoms with Crippen LogP contribution in [0.2, 0.25) is 0 Å². The number of halogens is 2. The van der Waals surface area contributed by atoms with Crippen LogP contribution in [0, 0.1) is 14.2 Å². The fraction of sp³-hybridized carbons (Fsp3) is 0. The predicted octanol–water partition coefficient (Wildman–Crippen LogP) is 4.43. The Hall–Kier alpha value is -1.21. The van der Waals surface area contributed by atoms with Crippen molar-refractivity contribution < 1.29 is 4.39 Å². The number of hydrogen-bond donors (Lipinski definition) is 1. The van der Waals surface area contributed by atoms with E-state index in [1.165, 1.54) is 12.1 Å². The van der Waals surface area contributed by atoms with Gasteiger partial charge in [0.2, 0.25) is 0 Å². The van der Waals surface area contributed by atoms with Crippen LogP contribution < -0.4 is 0 Å². The molecule has 0 saturated carbocycles. The Morgan fingerprint density at radius 2 is 1.83 bits per heavy atom. The summed E-state index contributed by atoms with van der Waals surface area (Å²) in [5.74, 6) is -0.268. The highest BCUT2D eigenvalue weighted by atomic mass is 127. The number of aromatic nitrogens is 2. The molecule has 1 N–H and O–H groups in total. The van der Waals surface area contributed by atoms with Gasteiger partial charge in [0, 0.05) is 15.3 Å². The lowest BCUT2D eigenvalue weighted by Crippen LogP contribution is -1.94. The number of aromatic amines is 1. The topological polar surface area (TPSA) is 20.7 Å². The van der Waals surface area contributed by atoms with Gasteiger partial charge >= 0.3 is 0 Å². The van der Waals surface area contributed by atoms with Crippen molar-refractivity contribution in [1.82, 2.24) is 9.55 Å². The quantitative estimate of drug-likeness (QED) is 0.497. The van der Waals surface area contributed by atoms with Crippen LogP contribution >= 0.6 is 34.8 Å². The van der Waals surface area contributed by atoms with Gasteiger partial charge in [0.05, 0.1) is 11.0 Å². The molecule has 0 radical (unpaired) electrons. The van der Waals surface area contributed by atoms with Gasteiger partial charge in [-0.05, 0) is 71.2 Å². The van der Waals surface area contributed by atoms with Gasteiger partial charge in [-0.1, -0.05) is 0 Å². The van der Waals surface area contributed by atoms with E-state index in [1.54, 1.807) is 6.07 Å². The molecular formula is C13H8FIN2S. The zero-order valence-electron chi connectivity index (χ0n) is 9.15. The van der Waals surface area contributed by atoms with Crippen LogP contribution in [0.5, 0.6) is 0 Å². The molecular weight excluding hydrogens is 362 g/mol. The Bertz CT molecular complexity index is 774. The second kappa shape index (κ2) is 4.47. The van der Waals surface area contributed by atoms with E-state index in [-0.39, 0.29) is 5.82 Å². The molecule has 2 aromatic carbocycles. The van der Waals surface area contributed by atoms with Crippen molar-refractivity contribution in [3.8, 4) is 5.69 Å². The third-order valence-electron chi connectivity index (χ3n) is 2.73. The van der Waals surface area contributed by atoms with E-state index in [1.807, 2.05) is 28.8 Å². The number of H-pyrrole nitrogens is 1. The molecule has 0 aliphatic rings. The second-order valence-electron chi connectivity index (χ2n) is 3.90. The van der Waals surface area contributed by atoms with Gasteiger partial charge in [0.25, 0.3) is 0 Å². The first-order chi connectivity index (χ1) is 8.65. The van der Waals surface area contributed by atoms with Crippen molar-refractivity contribution in [3.05, 3.63) is 56.6 Å². The average molecular weight is 370 g/mol. The lowest BCUT2D eigenvalue weighted by atomic mass is 10.3. The van der Waals surface area contributed by atoms with Crippen molar-refractivity contribution >= 4 is 45.8 Å². The summed E-state index contributed by atoms with van der Waals surface area (Å²) < 4.78 is 16.9. The average Bonchev–Trinajstić information content (AvgIpc) is 2.66. The first-order valence-corrected chi connectivity index (χ1v) is 6.80. The molecule has 1 heterocycles. The highest BCUT2D eigenvalue weighted by molar-refractivity contribution is 14.1. The van der Waals surface area contributed by atoms with Crippen molar-refractivity contribution in [3.63, 3.8) is 0 Å². The van der Waals surface area contributed by atoms with Gasteiger partial charge in [-0.2, -0.15) is 0 Å². The van der Waals surface area contributed by atoms with Crippen molar-refractivity contribution in [1.29, 1.82) is 0 Å². The third kappa shape index (κ3) is 1.97. The number of fused-ring (bicyclic) bond motifs is 1. The van der Waals surface area contributed by atoms with E-state index in [0.717, 1.165) is 20.3 Å². The summed E-state index contributed by atoms with van der Waals surface area (Å²) in [6.45, 7) is 0. The molecule has 3 aromatic rings. The highest BCUT2D eigenvalue weighted by Crippen LogP contribution is 2.21. The van der Waals surface area contributed by atoms with Crippen molar-refractivity contribution in [2.24, 2.45) is 0 Å². The zero-order valence-corrected chi connectivity index (χ0v) is 12.1. The summed E-state index contributed by atoms with van der Waals surface area (Å²) in [5, 5.41) is 0. The minimum atomic E-state index is -0.268. The van der Waals surface area contributed by atoms with E-state index in [9.17, 15) is 4.39 Å². The van der Waals surface area contributed by atoms with E-state index >= 15 is 0 Å². The minimum Gasteiger partial charge on any atom is -0.330 e. The smallest absolute Gasteiger partial charge is 0.182 e. The Labute approximate surface area is 122 Å². The Morgan fingerprint density at radius 1 is 1.11 bits per heavy atom. The molecule has 5 heteroatoms. The molecule has 0 bridgehead atoms.